The zero-order valence-corrected chi connectivity index (χ0v) is 10.9. The lowest BCUT2D eigenvalue weighted by Gasteiger charge is -2.07. The summed E-state index contributed by atoms with van der Waals surface area (Å²) in [6, 6.07) is 2.79. The second-order valence-corrected chi connectivity index (χ2v) is 4.19. The van der Waals surface area contributed by atoms with Crippen molar-refractivity contribution in [2.24, 2.45) is 0 Å². The average Bonchev–Trinajstić information content (AvgIpc) is 2.91. The number of hydrogen-bond donors (Lipinski definition) is 2. The Kier molecular flexibility index (Phi) is 4.09. The number of nitrogens with zero attached hydrogens (tertiary/aromatic N) is 3. The Morgan fingerprint density at radius 2 is 2.20 bits per heavy atom. The Balaban J connectivity index is 1.95. The van der Waals surface area contributed by atoms with Gasteiger partial charge in [-0.3, -0.25) is 4.79 Å². The second kappa shape index (κ2) is 5.96. The van der Waals surface area contributed by atoms with Gasteiger partial charge in [0.05, 0.1) is 17.6 Å². The lowest BCUT2D eigenvalue weighted by Crippen LogP contribution is -2.28. The van der Waals surface area contributed by atoms with Gasteiger partial charge in [0, 0.05) is 25.5 Å². The molecule has 0 aliphatic carbocycles. The van der Waals surface area contributed by atoms with Crippen molar-refractivity contribution in [1.82, 2.24) is 19.9 Å². The van der Waals surface area contributed by atoms with Crippen molar-refractivity contribution in [3.63, 3.8) is 0 Å². The molecule has 0 aliphatic rings. The van der Waals surface area contributed by atoms with Crippen LogP contribution >= 0.6 is 0 Å². The number of pyridine rings is 1. The molecule has 0 saturated carbocycles. The van der Waals surface area contributed by atoms with Crippen LogP contribution in [0.5, 0.6) is 0 Å². The van der Waals surface area contributed by atoms with Gasteiger partial charge in [-0.05, 0) is 19.1 Å². The standard InChI is InChI=1S/C13H14N4O3/c1-9-10(13(19)20)2-3-11(16-9)12(18)15-5-7-17-6-4-14-8-17/h2-4,6,8H,5,7H2,1H3,(H,15,18)(H,19,20). The van der Waals surface area contributed by atoms with E-state index in [0.29, 0.717) is 18.8 Å². The van der Waals surface area contributed by atoms with E-state index < -0.39 is 5.97 Å². The van der Waals surface area contributed by atoms with E-state index in [1.165, 1.54) is 12.1 Å². The molecule has 0 spiro atoms. The zero-order chi connectivity index (χ0) is 14.5. The fourth-order valence-electron chi connectivity index (χ4n) is 1.72. The van der Waals surface area contributed by atoms with Crippen molar-refractivity contribution in [2.45, 2.75) is 13.5 Å². The maximum Gasteiger partial charge on any atom is 0.337 e. The summed E-state index contributed by atoms with van der Waals surface area (Å²) in [7, 11) is 0. The van der Waals surface area contributed by atoms with Crippen LogP contribution in [0.3, 0.4) is 0 Å². The molecule has 20 heavy (non-hydrogen) atoms. The van der Waals surface area contributed by atoms with E-state index in [1.807, 2.05) is 4.57 Å². The Bertz CT molecular complexity index is 623. The first-order valence-electron chi connectivity index (χ1n) is 6.03. The van der Waals surface area contributed by atoms with Crippen molar-refractivity contribution in [3.8, 4) is 0 Å². The lowest BCUT2D eigenvalue weighted by atomic mass is 10.2. The monoisotopic (exact) mass is 274 g/mol. The van der Waals surface area contributed by atoms with Crippen molar-refractivity contribution in [2.75, 3.05) is 6.54 Å². The highest BCUT2D eigenvalue weighted by Crippen LogP contribution is 2.06. The normalized spacial score (nSPS) is 10.2. The van der Waals surface area contributed by atoms with E-state index in [-0.39, 0.29) is 17.2 Å². The molecular weight excluding hydrogens is 260 g/mol. The van der Waals surface area contributed by atoms with Crippen molar-refractivity contribution in [1.29, 1.82) is 0 Å². The van der Waals surface area contributed by atoms with Gasteiger partial charge in [-0.2, -0.15) is 0 Å². The van der Waals surface area contributed by atoms with Gasteiger partial charge in [0.15, 0.2) is 0 Å². The number of aromatic nitrogens is 3. The molecule has 7 nitrogen and oxygen atoms in total. The highest BCUT2D eigenvalue weighted by molar-refractivity contribution is 5.94. The molecule has 0 radical (unpaired) electrons. The first-order valence-corrected chi connectivity index (χ1v) is 6.03. The van der Waals surface area contributed by atoms with Gasteiger partial charge < -0.3 is 15.0 Å². The number of carbonyl (C=O) groups excluding carboxylic acids is 1. The molecule has 2 N–H and O–H groups in total. The summed E-state index contributed by atoms with van der Waals surface area (Å²) in [4.78, 5) is 30.6. The minimum absolute atomic E-state index is 0.0972. The van der Waals surface area contributed by atoms with Gasteiger partial charge in [0.25, 0.3) is 5.91 Å². The maximum atomic E-state index is 11.9. The summed E-state index contributed by atoms with van der Waals surface area (Å²) in [5.74, 6) is -1.38. The number of rotatable bonds is 5. The third-order valence-electron chi connectivity index (χ3n) is 2.76. The number of carboxylic acids is 1. The predicted octanol–water partition coefficient (Wildman–Crippen LogP) is 0.715. The van der Waals surface area contributed by atoms with E-state index >= 15 is 0 Å². The van der Waals surface area contributed by atoms with Crippen LogP contribution in [0.2, 0.25) is 0 Å². The van der Waals surface area contributed by atoms with Crippen molar-refractivity contribution < 1.29 is 14.7 Å². The fourth-order valence-corrected chi connectivity index (χ4v) is 1.72. The number of imidazole rings is 1. The molecule has 0 fully saturated rings. The summed E-state index contributed by atoms with van der Waals surface area (Å²) >= 11 is 0. The van der Waals surface area contributed by atoms with Crippen LogP contribution in [0.15, 0.2) is 30.9 Å². The van der Waals surface area contributed by atoms with E-state index in [0.717, 1.165) is 0 Å². The van der Waals surface area contributed by atoms with Crippen LogP contribution in [0.4, 0.5) is 0 Å². The Morgan fingerprint density at radius 1 is 1.40 bits per heavy atom. The Hall–Kier alpha value is -2.70. The molecule has 2 rings (SSSR count). The van der Waals surface area contributed by atoms with Crippen LogP contribution in [-0.2, 0) is 6.54 Å². The number of aryl methyl sites for hydroxylation is 1. The van der Waals surface area contributed by atoms with E-state index in [1.54, 1.807) is 25.6 Å². The molecular formula is C13H14N4O3. The lowest BCUT2D eigenvalue weighted by molar-refractivity contribution is 0.0694. The molecule has 0 bridgehead atoms. The summed E-state index contributed by atoms with van der Waals surface area (Å²) in [5.41, 5.74) is 0.623. The molecule has 0 aromatic carbocycles. The summed E-state index contributed by atoms with van der Waals surface area (Å²) in [6.45, 7) is 2.61. The molecule has 2 heterocycles. The highest BCUT2D eigenvalue weighted by Gasteiger charge is 2.12. The fraction of sp³-hybridized carbons (Fsp3) is 0.231. The van der Waals surface area contributed by atoms with Gasteiger partial charge in [-0.25, -0.2) is 14.8 Å². The highest BCUT2D eigenvalue weighted by atomic mass is 16.4. The molecule has 0 unspecified atom stereocenters. The molecule has 7 heteroatoms. The second-order valence-electron chi connectivity index (χ2n) is 4.19. The first kappa shape index (κ1) is 13.7. The third-order valence-corrected chi connectivity index (χ3v) is 2.76. The first-order chi connectivity index (χ1) is 9.58. The van der Waals surface area contributed by atoms with Crippen molar-refractivity contribution >= 4 is 11.9 Å². The number of amides is 1. The third kappa shape index (κ3) is 3.19. The van der Waals surface area contributed by atoms with Gasteiger partial charge in [-0.15, -0.1) is 0 Å². The molecule has 2 aromatic heterocycles. The van der Waals surface area contributed by atoms with Gasteiger partial charge >= 0.3 is 5.97 Å². The summed E-state index contributed by atoms with van der Waals surface area (Å²) < 4.78 is 1.84. The largest absolute Gasteiger partial charge is 0.478 e. The molecule has 0 saturated heterocycles. The molecule has 0 aliphatic heterocycles. The number of hydrogen-bond acceptors (Lipinski definition) is 4. The molecule has 0 atom stereocenters. The number of carbonyl (C=O) groups is 2. The Morgan fingerprint density at radius 3 is 2.80 bits per heavy atom. The van der Waals surface area contributed by atoms with Crippen LogP contribution in [-0.4, -0.2) is 38.1 Å². The van der Waals surface area contributed by atoms with Crippen LogP contribution in [0.1, 0.15) is 26.5 Å². The van der Waals surface area contributed by atoms with Gasteiger partial charge in [0.1, 0.15) is 5.69 Å². The predicted molar refractivity (Wildman–Crippen MR) is 70.5 cm³/mol. The minimum Gasteiger partial charge on any atom is -0.478 e. The minimum atomic E-state index is -1.05. The van der Waals surface area contributed by atoms with E-state index in [9.17, 15) is 9.59 Å². The number of aromatic carboxylic acids is 1. The number of carboxylic acid groups (broad SMARTS) is 1. The smallest absolute Gasteiger partial charge is 0.337 e. The molecule has 104 valence electrons. The van der Waals surface area contributed by atoms with Crippen molar-refractivity contribution in [3.05, 3.63) is 47.8 Å². The van der Waals surface area contributed by atoms with Gasteiger partial charge in [0.2, 0.25) is 0 Å². The molecule has 2 aromatic rings. The van der Waals surface area contributed by atoms with Crippen LogP contribution < -0.4 is 5.32 Å². The SMILES string of the molecule is Cc1nc(C(=O)NCCn2ccnc2)ccc1C(=O)O. The Labute approximate surface area is 115 Å². The average molecular weight is 274 g/mol. The van der Waals surface area contributed by atoms with Gasteiger partial charge in [-0.1, -0.05) is 0 Å². The molecule has 1 amide bonds. The van der Waals surface area contributed by atoms with Crippen LogP contribution in [0, 0.1) is 6.92 Å². The topological polar surface area (TPSA) is 97.1 Å². The zero-order valence-electron chi connectivity index (χ0n) is 10.9. The van der Waals surface area contributed by atoms with E-state index in [2.05, 4.69) is 15.3 Å². The number of nitrogens with one attached hydrogen (secondary N) is 1. The summed E-state index contributed by atoms with van der Waals surface area (Å²) in [6.07, 6.45) is 5.13. The summed E-state index contributed by atoms with van der Waals surface area (Å²) in [5, 5.41) is 11.6. The van der Waals surface area contributed by atoms with Crippen LogP contribution in [0.25, 0.3) is 0 Å². The van der Waals surface area contributed by atoms with E-state index in [4.69, 9.17) is 5.11 Å². The quantitative estimate of drug-likeness (QED) is 0.837. The maximum absolute atomic E-state index is 11.9.